The number of hydrogen-bond acceptors (Lipinski definition) is 3. The van der Waals surface area contributed by atoms with Gasteiger partial charge in [0.2, 0.25) is 0 Å². The predicted molar refractivity (Wildman–Crippen MR) is 64.5 cm³/mol. The summed E-state index contributed by atoms with van der Waals surface area (Å²) >= 11 is 2.25. The summed E-state index contributed by atoms with van der Waals surface area (Å²) in [5.41, 5.74) is 0.830. The fourth-order valence-corrected chi connectivity index (χ4v) is 1.68. The molecule has 0 saturated heterocycles. The number of benzene rings is 1. The van der Waals surface area contributed by atoms with Crippen molar-refractivity contribution in [2.45, 2.75) is 6.61 Å². The van der Waals surface area contributed by atoms with Gasteiger partial charge in [-0.25, -0.2) is 0 Å². The first-order chi connectivity index (χ1) is 7.24. The maximum Gasteiger partial charge on any atom is 0.134 e. The summed E-state index contributed by atoms with van der Waals surface area (Å²) in [4.78, 5) is 1.52. The van der Waals surface area contributed by atoms with Gasteiger partial charge in [-0.15, -0.1) is 0 Å². The minimum absolute atomic E-state index is 0.452. The summed E-state index contributed by atoms with van der Waals surface area (Å²) in [6.45, 7) is 0.452. The Morgan fingerprint density at radius 2 is 2.33 bits per heavy atom. The highest BCUT2D eigenvalue weighted by Gasteiger charge is 1.99. The van der Waals surface area contributed by atoms with E-state index >= 15 is 0 Å². The van der Waals surface area contributed by atoms with E-state index in [2.05, 4.69) is 32.8 Å². The van der Waals surface area contributed by atoms with Crippen LogP contribution in [0.15, 0.2) is 30.5 Å². The highest BCUT2D eigenvalue weighted by Crippen LogP contribution is 2.15. The SMILES string of the molecule is Cn1ncc(COc2cccc(I)c2)n1. The molecule has 0 spiro atoms. The first-order valence-electron chi connectivity index (χ1n) is 4.47. The molecule has 0 aliphatic rings. The van der Waals surface area contributed by atoms with Gasteiger partial charge in [-0.2, -0.15) is 15.0 Å². The second kappa shape index (κ2) is 4.61. The minimum atomic E-state index is 0.452. The summed E-state index contributed by atoms with van der Waals surface area (Å²) in [6, 6.07) is 7.90. The molecule has 2 rings (SSSR count). The van der Waals surface area contributed by atoms with Gasteiger partial charge < -0.3 is 4.74 Å². The van der Waals surface area contributed by atoms with Gasteiger partial charge in [0, 0.05) is 10.6 Å². The van der Waals surface area contributed by atoms with Crippen LogP contribution in [0, 0.1) is 3.57 Å². The Labute approximate surface area is 101 Å². The zero-order chi connectivity index (χ0) is 10.7. The monoisotopic (exact) mass is 315 g/mol. The second-order valence-corrected chi connectivity index (χ2v) is 4.32. The fraction of sp³-hybridized carbons (Fsp3) is 0.200. The standard InChI is InChI=1S/C10H10IN3O/c1-14-12-6-9(13-14)7-15-10-4-2-3-8(11)5-10/h2-6H,7H2,1H3. The van der Waals surface area contributed by atoms with E-state index in [9.17, 15) is 0 Å². The van der Waals surface area contributed by atoms with Crippen LogP contribution in [0.4, 0.5) is 0 Å². The van der Waals surface area contributed by atoms with Crippen molar-refractivity contribution in [3.63, 3.8) is 0 Å². The van der Waals surface area contributed by atoms with Crippen LogP contribution < -0.4 is 4.74 Å². The Morgan fingerprint density at radius 3 is 3.00 bits per heavy atom. The van der Waals surface area contributed by atoms with Crippen LogP contribution in [0.1, 0.15) is 5.69 Å². The third kappa shape index (κ3) is 2.92. The van der Waals surface area contributed by atoms with Gasteiger partial charge >= 0.3 is 0 Å². The molecule has 0 aliphatic heterocycles. The van der Waals surface area contributed by atoms with Crippen molar-refractivity contribution < 1.29 is 4.74 Å². The molecule has 0 atom stereocenters. The van der Waals surface area contributed by atoms with Crippen molar-refractivity contribution in [1.29, 1.82) is 0 Å². The van der Waals surface area contributed by atoms with Crippen molar-refractivity contribution in [3.05, 3.63) is 39.7 Å². The smallest absolute Gasteiger partial charge is 0.134 e. The minimum Gasteiger partial charge on any atom is -0.487 e. The lowest BCUT2D eigenvalue weighted by Gasteiger charge is -2.03. The summed E-state index contributed by atoms with van der Waals surface area (Å²) in [7, 11) is 1.79. The molecule has 1 heterocycles. The average Bonchev–Trinajstić information content (AvgIpc) is 2.62. The Morgan fingerprint density at radius 1 is 1.47 bits per heavy atom. The van der Waals surface area contributed by atoms with Gasteiger partial charge in [-0.3, -0.25) is 0 Å². The molecule has 1 aromatic heterocycles. The van der Waals surface area contributed by atoms with E-state index in [0.717, 1.165) is 15.0 Å². The quantitative estimate of drug-likeness (QED) is 0.814. The van der Waals surface area contributed by atoms with Gasteiger partial charge in [0.25, 0.3) is 0 Å². The molecule has 0 fully saturated rings. The molecule has 0 aliphatic carbocycles. The normalized spacial score (nSPS) is 10.3. The van der Waals surface area contributed by atoms with Crippen LogP contribution in [-0.4, -0.2) is 15.0 Å². The largest absolute Gasteiger partial charge is 0.487 e. The summed E-state index contributed by atoms with van der Waals surface area (Å²) in [5.74, 6) is 0.854. The molecule has 0 N–H and O–H groups in total. The Balaban J connectivity index is 1.99. The lowest BCUT2D eigenvalue weighted by atomic mass is 10.3. The predicted octanol–water partition coefficient (Wildman–Crippen LogP) is 2.00. The van der Waals surface area contributed by atoms with E-state index < -0.39 is 0 Å². The molecule has 0 bridgehead atoms. The van der Waals surface area contributed by atoms with E-state index in [1.807, 2.05) is 24.3 Å². The van der Waals surface area contributed by atoms with Crippen LogP contribution in [0.3, 0.4) is 0 Å². The number of aryl methyl sites for hydroxylation is 1. The van der Waals surface area contributed by atoms with Crippen molar-refractivity contribution in [2.24, 2.45) is 7.05 Å². The zero-order valence-electron chi connectivity index (χ0n) is 8.22. The van der Waals surface area contributed by atoms with E-state index in [-0.39, 0.29) is 0 Å². The van der Waals surface area contributed by atoms with Crippen LogP contribution in [0.5, 0.6) is 5.75 Å². The molecule has 0 unspecified atom stereocenters. The number of ether oxygens (including phenoxy) is 1. The molecule has 5 heteroatoms. The molecular weight excluding hydrogens is 305 g/mol. The molecule has 1 aromatic carbocycles. The number of hydrogen-bond donors (Lipinski definition) is 0. The Hall–Kier alpha value is -1.11. The Kier molecular flexibility index (Phi) is 3.20. The highest BCUT2D eigenvalue weighted by molar-refractivity contribution is 14.1. The molecule has 15 heavy (non-hydrogen) atoms. The average molecular weight is 315 g/mol. The third-order valence-corrected chi connectivity index (χ3v) is 2.50. The first-order valence-corrected chi connectivity index (χ1v) is 5.55. The van der Waals surface area contributed by atoms with Crippen LogP contribution in [-0.2, 0) is 13.7 Å². The molecule has 78 valence electrons. The molecule has 0 amide bonds. The van der Waals surface area contributed by atoms with Gasteiger partial charge in [-0.1, -0.05) is 6.07 Å². The summed E-state index contributed by atoms with van der Waals surface area (Å²) < 4.78 is 6.72. The molecule has 2 aromatic rings. The Bertz CT molecular complexity index is 455. The number of aromatic nitrogens is 3. The second-order valence-electron chi connectivity index (χ2n) is 3.07. The summed E-state index contributed by atoms with van der Waals surface area (Å²) in [5, 5.41) is 8.10. The lowest BCUT2D eigenvalue weighted by Crippen LogP contribution is -1.98. The van der Waals surface area contributed by atoms with Gasteiger partial charge in [0.15, 0.2) is 0 Å². The van der Waals surface area contributed by atoms with Crippen LogP contribution in [0.25, 0.3) is 0 Å². The molecule has 4 nitrogen and oxygen atoms in total. The van der Waals surface area contributed by atoms with E-state index in [1.54, 1.807) is 13.2 Å². The molecule has 0 saturated carbocycles. The highest BCUT2D eigenvalue weighted by atomic mass is 127. The number of rotatable bonds is 3. The third-order valence-electron chi connectivity index (χ3n) is 1.83. The molecular formula is C10H10IN3O. The fourth-order valence-electron chi connectivity index (χ4n) is 1.17. The van der Waals surface area contributed by atoms with E-state index in [0.29, 0.717) is 6.61 Å². The van der Waals surface area contributed by atoms with Gasteiger partial charge in [-0.05, 0) is 40.8 Å². The van der Waals surface area contributed by atoms with Crippen molar-refractivity contribution in [3.8, 4) is 5.75 Å². The van der Waals surface area contributed by atoms with Crippen molar-refractivity contribution >= 4 is 22.6 Å². The zero-order valence-corrected chi connectivity index (χ0v) is 10.4. The maximum atomic E-state index is 5.57. The van der Waals surface area contributed by atoms with Crippen molar-refractivity contribution in [2.75, 3.05) is 0 Å². The van der Waals surface area contributed by atoms with E-state index in [4.69, 9.17) is 4.74 Å². The van der Waals surface area contributed by atoms with Crippen LogP contribution >= 0.6 is 22.6 Å². The van der Waals surface area contributed by atoms with Gasteiger partial charge in [0.05, 0.1) is 6.20 Å². The summed E-state index contributed by atoms with van der Waals surface area (Å²) in [6.07, 6.45) is 1.70. The van der Waals surface area contributed by atoms with Crippen LogP contribution in [0.2, 0.25) is 0 Å². The first kappa shape index (κ1) is 10.4. The maximum absolute atomic E-state index is 5.57. The topological polar surface area (TPSA) is 39.9 Å². The number of halogens is 1. The molecule has 0 radical (unpaired) electrons. The lowest BCUT2D eigenvalue weighted by molar-refractivity contribution is 0.300. The number of nitrogens with zero attached hydrogens (tertiary/aromatic N) is 3. The van der Waals surface area contributed by atoms with Crippen molar-refractivity contribution in [1.82, 2.24) is 15.0 Å². The van der Waals surface area contributed by atoms with Gasteiger partial charge in [0.1, 0.15) is 18.1 Å². The van der Waals surface area contributed by atoms with E-state index in [1.165, 1.54) is 4.80 Å².